The summed E-state index contributed by atoms with van der Waals surface area (Å²) in [6.45, 7) is 0.0875. The van der Waals surface area contributed by atoms with Crippen LogP contribution in [0.3, 0.4) is 0 Å². The number of hydrogen-bond donors (Lipinski definition) is 1. The lowest BCUT2D eigenvalue weighted by Gasteiger charge is -2.26. The van der Waals surface area contributed by atoms with Crippen LogP contribution in [0.2, 0.25) is 0 Å². The third kappa shape index (κ3) is 2.19. The summed E-state index contributed by atoms with van der Waals surface area (Å²) in [5.41, 5.74) is 6.37. The second-order valence-electron chi connectivity index (χ2n) is 3.95. The summed E-state index contributed by atoms with van der Waals surface area (Å²) in [7, 11) is 0. The Morgan fingerprint density at radius 3 is 2.47 bits per heavy atom. The van der Waals surface area contributed by atoms with Crippen molar-refractivity contribution in [1.29, 1.82) is 0 Å². The molecule has 0 unspecified atom stereocenters. The Morgan fingerprint density at radius 2 is 1.88 bits per heavy atom. The molecular formula is C12H13FN2O2. The lowest BCUT2D eigenvalue weighted by atomic mass is 10.1. The van der Waals surface area contributed by atoms with Crippen molar-refractivity contribution in [2.45, 2.75) is 25.8 Å². The van der Waals surface area contributed by atoms with E-state index < -0.39 is 5.82 Å². The highest BCUT2D eigenvalue weighted by atomic mass is 19.1. The number of halogens is 1. The molecule has 1 aliphatic heterocycles. The van der Waals surface area contributed by atoms with Crippen molar-refractivity contribution in [3.8, 4) is 0 Å². The van der Waals surface area contributed by atoms with E-state index >= 15 is 0 Å². The molecule has 17 heavy (non-hydrogen) atoms. The number of carbonyl (C=O) groups excluding carboxylic acids is 2. The first-order valence-electron chi connectivity index (χ1n) is 5.47. The fourth-order valence-electron chi connectivity index (χ4n) is 1.96. The standard InChI is InChI=1S/C12H13FN2O2/c13-9-4-5-10(8(6-9)7-14)15-11(16)2-1-3-12(15)17/h4-6H,1-3,7,14H2. The van der Waals surface area contributed by atoms with Gasteiger partial charge in [-0.25, -0.2) is 4.39 Å². The topological polar surface area (TPSA) is 63.4 Å². The molecule has 0 aromatic heterocycles. The number of carbonyl (C=O) groups is 2. The molecule has 2 amide bonds. The molecule has 2 rings (SSSR count). The molecule has 0 saturated carbocycles. The molecule has 0 atom stereocenters. The first kappa shape index (κ1) is 11.7. The maximum Gasteiger partial charge on any atom is 0.233 e. The van der Waals surface area contributed by atoms with Crippen LogP contribution in [0.15, 0.2) is 18.2 Å². The van der Waals surface area contributed by atoms with Crippen LogP contribution in [-0.4, -0.2) is 11.8 Å². The monoisotopic (exact) mass is 236 g/mol. The van der Waals surface area contributed by atoms with Crippen molar-refractivity contribution in [2.24, 2.45) is 5.73 Å². The van der Waals surface area contributed by atoms with E-state index in [9.17, 15) is 14.0 Å². The highest BCUT2D eigenvalue weighted by molar-refractivity contribution is 6.16. The van der Waals surface area contributed by atoms with Gasteiger partial charge in [-0.05, 0) is 30.2 Å². The minimum Gasteiger partial charge on any atom is -0.326 e. The predicted molar refractivity (Wildman–Crippen MR) is 60.6 cm³/mol. The molecule has 0 bridgehead atoms. The predicted octanol–water partition coefficient (Wildman–Crippen LogP) is 1.33. The Morgan fingerprint density at radius 1 is 1.24 bits per heavy atom. The number of nitrogens with two attached hydrogens (primary N) is 1. The fraction of sp³-hybridized carbons (Fsp3) is 0.333. The molecule has 1 aromatic carbocycles. The molecule has 1 aliphatic rings. The molecule has 1 saturated heterocycles. The molecular weight excluding hydrogens is 223 g/mol. The van der Waals surface area contributed by atoms with Crippen molar-refractivity contribution < 1.29 is 14.0 Å². The van der Waals surface area contributed by atoms with Crippen molar-refractivity contribution in [3.05, 3.63) is 29.6 Å². The van der Waals surface area contributed by atoms with E-state index in [2.05, 4.69) is 0 Å². The number of rotatable bonds is 2. The Labute approximate surface area is 98.2 Å². The van der Waals surface area contributed by atoms with Gasteiger partial charge in [0.1, 0.15) is 5.82 Å². The average Bonchev–Trinajstić information content (AvgIpc) is 2.30. The van der Waals surface area contributed by atoms with E-state index in [1.165, 1.54) is 18.2 Å². The largest absolute Gasteiger partial charge is 0.326 e. The van der Waals surface area contributed by atoms with E-state index in [0.717, 1.165) is 4.90 Å². The molecule has 1 fully saturated rings. The van der Waals surface area contributed by atoms with E-state index in [4.69, 9.17) is 5.73 Å². The van der Waals surface area contributed by atoms with Crippen LogP contribution in [0.1, 0.15) is 24.8 Å². The summed E-state index contributed by atoms with van der Waals surface area (Å²) in [6, 6.07) is 3.91. The first-order valence-corrected chi connectivity index (χ1v) is 5.47. The van der Waals surface area contributed by atoms with Crippen molar-refractivity contribution in [2.75, 3.05) is 4.90 Å². The van der Waals surface area contributed by atoms with Gasteiger partial charge in [0.05, 0.1) is 5.69 Å². The Kier molecular flexibility index (Phi) is 3.19. The van der Waals surface area contributed by atoms with E-state index in [1.807, 2.05) is 0 Å². The Balaban J connectivity index is 2.44. The maximum atomic E-state index is 13.1. The van der Waals surface area contributed by atoms with Crippen LogP contribution >= 0.6 is 0 Å². The zero-order chi connectivity index (χ0) is 12.4. The smallest absolute Gasteiger partial charge is 0.233 e. The van der Waals surface area contributed by atoms with E-state index in [0.29, 0.717) is 30.5 Å². The van der Waals surface area contributed by atoms with E-state index in [-0.39, 0.29) is 18.4 Å². The van der Waals surface area contributed by atoms with Gasteiger partial charge in [0.25, 0.3) is 0 Å². The van der Waals surface area contributed by atoms with Gasteiger partial charge in [0, 0.05) is 19.4 Å². The fourth-order valence-corrected chi connectivity index (χ4v) is 1.96. The zero-order valence-corrected chi connectivity index (χ0v) is 9.28. The third-order valence-corrected chi connectivity index (χ3v) is 2.78. The number of imide groups is 1. The quantitative estimate of drug-likeness (QED) is 0.788. The molecule has 0 aliphatic carbocycles. The summed E-state index contributed by atoms with van der Waals surface area (Å²) in [4.78, 5) is 24.6. The number of benzene rings is 1. The Bertz CT molecular complexity index is 458. The number of piperidine rings is 1. The van der Waals surface area contributed by atoms with Crippen molar-refractivity contribution in [1.82, 2.24) is 0 Å². The van der Waals surface area contributed by atoms with Crippen LogP contribution in [0.4, 0.5) is 10.1 Å². The lowest BCUT2D eigenvalue weighted by Crippen LogP contribution is -2.40. The molecule has 0 spiro atoms. The van der Waals surface area contributed by atoms with Gasteiger partial charge in [0.15, 0.2) is 0 Å². The van der Waals surface area contributed by atoms with Gasteiger partial charge in [-0.3, -0.25) is 14.5 Å². The highest BCUT2D eigenvalue weighted by Crippen LogP contribution is 2.26. The Hall–Kier alpha value is -1.75. The summed E-state index contributed by atoms with van der Waals surface area (Å²) in [5, 5.41) is 0. The number of nitrogens with zero attached hydrogens (tertiary/aromatic N) is 1. The second-order valence-corrected chi connectivity index (χ2v) is 3.95. The van der Waals surface area contributed by atoms with Crippen LogP contribution < -0.4 is 10.6 Å². The van der Waals surface area contributed by atoms with Gasteiger partial charge < -0.3 is 5.73 Å². The molecule has 1 aromatic rings. The van der Waals surface area contributed by atoms with Crippen LogP contribution in [0, 0.1) is 5.82 Å². The maximum absolute atomic E-state index is 13.1. The van der Waals surface area contributed by atoms with Crippen molar-refractivity contribution in [3.63, 3.8) is 0 Å². The summed E-state index contributed by atoms with van der Waals surface area (Å²) < 4.78 is 13.1. The minimum absolute atomic E-state index is 0.0875. The van der Waals surface area contributed by atoms with Gasteiger partial charge in [-0.1, -0.05) is 0 Å². The van der Waals surface area contributed by atoms with Crippen LogP contribution in [-0.2, 0) is 16.1 Å². The average molecular weight is 236 g/mol. The van der Waals surface area contributed by atoms with Gasteiger partial charge in [-0.2, -0.15) is 0 Å². The van der Waals surface area contributed by atoms with Gasteiger partial charge >= 0.3 is 0 Å². The van der Waals surface area contributed by atoms with Crippen LogP contribution in [0.5, 0.6) is 0 Å². The van der Waals surface area contributed by atoms with Crippen LogP contribution in [0.25, 0.3) is 0 Å². The van der Waals surface area contributed by atoms with Gasteiger partial charge in [-0.15, -0.1) is 0 Å². The van der Waals surface area contributed by atoms with Gasteiger partial charge in [0.2, 0.25) is 11.8 Å². The highest BCUT2D eigenvalue weighted by Gasteiger charge is 2.28. The summed E-state index contributed by atoms with van der Waals surface area (Å²) in [5.74, 6) is -0.920. The molecule has 90 valence electrons. The molecule has 5 heteroatoms. The second kappa shape index (κ2) is 4.63. The minimum atomic E-state index is -0.425. The molecule has 0 radical (unpaired) electrons. The number of hydrogen-bond acceptors (Lipinski definition) is 3. The SMILES string of the molecule is NCc1cc(F)ccc1N1C(=O)CCCC1=O. The zero-order valence-electron chi connectivity index (χ0n) is 9.28. The molecule has 2 N–H and O–H groups in total. The lowest BCUT2D eigenvalue weighted by molar-refractivity contribution is -0.129. The number of anilines is 1. The summed E-state index contributed by atoms with van der Waals surface area (Å²) >= 11 is 0. The summed E-state index contributed by atoms with van der Waals surface area (Å²) in [6.07, 6.45) is 1.26. The van der Waals surface area contributed by atoms with E-state index in [1.54, 1.807) is 0 Å². The first-order chi connectivity index (χ1) is 8.13. The normalized spacial score (nSPS) is 16.5. The number of amides is 2. The third-order valence-electron chi connectivity index (χ3n) is 2.78. The van der Waals surface area contributed by atoms with Crippen molar-refractivity contribution >= 4 is 17.5 Å². The molecule has 1 heterocycles. The molecule has 4 nitrogen and oxygen atoms in total.